The molecule has 20 heavy (non-hydrogen) atoms. The van der Waals surface area contributed by atoms with Gasteiger partial charge in [0.15, 0.2) is 0 Å². The Hall–Kier alpha value is -0.970. The number of hydrogen-bond donors (Lipinski definition) is 1. The molecule has 112 valence electrons. The predicted octanol–water partition coefficient (Wildman–Crippen LogP) is 2.16. The summed E-state index contributed by atoms with van der Waals surface area (Å²) in [6.45, 7) is 10.0. The smallest absolute Gasteiger partial charge is 0.123 e. The molecule has 1 heterocycles. The highest BCUT2D eigenvalue weighted by atomic mass is 19.1. The maximum absolute atomic E-state index is 13.3. The van der Waals surface area contributed by atoms with Crippen LogP contribution in [0.2, 0.25) is 0 Å². The fraction of sp³-hybridized carbons (Fsp3) is 0.625. The Labute approximate surface area is 121 Å². The molecule has 0 aliphatic carbocycles. The molecule has 1 saturated heterocycles. The molecule has 1 fully saturated rings. The lowest BCUT2D eigenvalue weighted by Crippen LogP contribution is -2.58. The van der Waals surface area contributed by atoms with Crippen LogP contribution in [-0.4, -0.2) is 48.6 Å². The van der Waals surface area contributed by atoms with E-state index in [1.165, 1.54) is 6.07 Å². The molecule has 0 saturated carbocycles. The summed E-state index contributed by atoms with van der Waals surface area (Å²) in [5.74, 6) is -0.180. The van der Waals surface area contributed by atoms with Crippen LogP contribution in [0.4, 0.5) is 4.39 Å². The second kappa shape index (κ2) is 5.80. The molecule has 1 aliphatic heterocycles. The average Bonchev–Trinajstić information content (AvgIpc) is 2.36. The number of likely N-dealkylation sites (N-methyl/N-ethyl adjacent to an activating group) is 1. The number of hydrogen-bond acceptors (Lipinski definition) is 3. The van der Waals surface area contributed by atoms with Crippen LogP contribution in [-0.2, 0) is 0 Å². The van der Waals surface area contributed by atoms with Gasteiger partial charge in [-0.25, -0.2) is 4.39 Å². The van der Waals surface area contributed by atoms with Crippen molar-refractivity contribution in [2.75, 3.05) is 33.2 Å². The van der Waals surface area contributed by atoms with Gasteiger partial charge in [-0.05, 0) is 51.1 Å². The topological polar surface area (TPSA) is 32.5 Å². The third-order valence-electron chi connectivity index (χ3n) is 4.60. The minimum atomic E-state index is -0.180. The summed E-state index contributed by atoms with van der Waals surface area (Å²) in [5.41, 5.74) is 8.29. The van der Waals surface area contributed by atoms with Crippen LogP contribution < -0.4 is 5.73 Å². The minimum Gasteiger partial charge on any atom is -0.329 e. The van der Waals surface area contributed by atoms with Crippen LogP contribution in [0, 0.1) is 12.7 Å². The van der Waals surface area contributed by atoms with Crippen molar-refractivity contribution >= 4 is 0 Å². The zero-order valence-electron chi connectivity index (χ0n) is 13.0. The monoisotopic (exact) mass is 279 g/mol. The van der Waals surface area contributed by atoms with E-state index in [0.29, 0.717) is 6.54 Å². The van der Waals surface area contributed by atoms with E-state index in [9.17, 15) is 4.39 Å². The molecular formula is C16H26FN3. The number of nitrogens with zero attached hydrogens (tertiary/aromatic N) is 2. The van der Waals surface area contributed by atoms with Gasteiger partial charge in [-0.3, -0.25) is 9.80 Å². The van der Waals surface area contributed by atoms with Gasteiger partial charge >= 0.3 is 0 Å². The van der Waals surface area contributed by atoms with Gasteiger partial charge in [0, 0.05) is 37.8 Å². The molecule has 0 radical (unpaired) electrons. The molecule has 3 nitrogen and oxygen atoms in total. The Kier molecular flexibility index (Phi) is 4.47. The second-order valence-corrected chi connectivity index (χ2v) is 6.46. The Balaban J connectivity index is 2.24. The number of halogens is 1. The maximum atomic E-state index is 13.3. The number of nitrogens with two attached hydrogens (primary N) is 1. The highest BCUT2D eigenvalue weighted by Gasteiger charge is 2.34. The normalized spacial score (nSPS) is 21.9. The number of aryl methyl sites for hydroxylation is 1. The first-order valence-electron chi connectivity index (χ1n) is 7.26. The molecule has 1 aliphatic rings. The summed E-state index contributed by atoms with van der Waals surface area (Å²) < 4.78 is 13.3. The summed E-state index contributed by atoms with van der Waals surface area (Å²) in [4.78, 5) is 4.81. The molecule has 1 atom stereocenters. The van der Waals surface area contributed by atoms with E-state index in [1.54, 1.807) is 6.07 Å². The summed E-state index contributed by atoms with van der Waals surface area (Å²) in [7, 11) is 2.16. The van der Waals surface area contributed by atoms with E-state index in [2.05, 4.69) is 30.7 Å². The van der Waals surface area contributed by atoms with Crippen LogP contribution in [0.5, 0.6) is 0 Å². The van der Waals surface area contributed by atoms with Crippen molar-refractivity contribution in [3.63, 3.8) is 0 Å². The van der Waals surface area contributed by atoms with Crippen molar-refractivity contribution in [2.45, 2.75) is 32.4 Å². The first-order valence-corrected chi connectivity index (χ1v) is 7.26. The Morgan fingerprint density at radius 1 is 1.35 bits per heavy atom. The molecule has 0 spiro atoms. The van der Waals surface area contributed by atoms with E-state index < -0.39 is 0 Å². The highest BCUT2D eigenvalue weighted by Crippen LogP contribution is 2.29. The minimum absolute atomic E-state index is 0.138. The quantitative estimate of drug-likeness (QED) is 0.920. The third kappa shape index (κ3) is 3.03. The van der Waals surface area contributed by atoms with E-state index >= 15 is 0 Å². The summed E-state index contributed by atoms with van der Waals surface area (Å²) in [6, 6.07) is 5.18. The Morgan fingerprint density at radius 3 is 2.60 bits per heavy atom. The lowest BCUT2D eigenvalue weighted by molar-refractivity contribution is 0.0179. The molecule has 1 unspecified atom stereocenters. The number of rotatable bonds is 3. The van der Waals surface area contributed by atoms with Gasteiger partial charge in [0.05, 0.1) is 0 Å². The third-order valence-corrected chi connectivity index (χ3v) is 4.60. The Morgan fingerprint density at radius 2 is 2.05 bits per heavy atom. The molecule has 2 rings (SSSR count). The van der Waals surface area contributed by atoms with Crippen LogP contribution in [0.3, 0.4) is 0 Å². The van der Waals surface area contributed by atoms with E-state index in [-0.39, 0.29) is 17.4 Å². The number of piperazine rings is 1. The average molecular weight is 279 g/mol. The van der Waals surface area contributed by atoms with E-state index in [1.807, 2.05) is 13.0 Å². The fourth-order valence-electron chi connectivity index (χ4n) is 3.03. The van der Waals surface area contributed by atoms with Crippen molar-refractivity contribution in [3.05, 3.63) is 35.1 Å². The summed E-state index contributed by atoms with van der Waals surface area (Å²) >= 11 is 0. The zero-order valence-corrected chi connectivity index (χ0v) is 13.0. The molecule has 0 aromatic heterocycles. The number of benzene rings is 1. The molecule has 2 N–H and O–H groups in total. The van der Waals surface area contributed by atoms with Crippen LogP contribution >= 0.6 is 0 Å². The van der Waals surface area contributed by atoms with E-state index in [4.69, 9.17) is 5.73 Å². The lowest BCUT2D eigenvalue weighted by Gasteiger charge is -2.48. The molecule has 0 amide bonds. The van der Waals surface area contributed by atoms with Crippen LogP contribution in [0.1, 0.15) is 31.0 Å². The standard InChI is InChI=1S/C16H26FN3/c1-12-9-13(17)5-6-14(12)15(10-18)20-8-7-19(4)16(2,3)11-20/h5-6,9,15H,7-8,10-11,18H2,1-4H3. The molecular weight excluding hydrogens is 253 g/mol. The molecule has 1 aromatic rings. The van der Waals surface area contributed by atoms with Gasteiger partial charge in [0.2, 0.25) is 0 Å². The molecule has 0 bridgehead atoms. The van der Waals surface area contributed by atoms with Crippen molar-refractivity contribution in [1.29, 1.82) is 0 Å². The van der Waals surface area contributed by atoms with Crippen molar-refractivity contribution in [3.8, 4) is 0 Å². The second-order valence-electron chi connectivity index (χ2n) is 6.46. The summed E-state index contributed by atoms with van der Waals surface area (Å²) in [5, 5.41) is 0. The maximum Gasteiger partial charge on any atom is 0.123 e. The van der Waals surface area contributed by atoms with Gasteiger partial charge in [-0.2, -0.15) is 0 Å². The lowest BCUT2D eigenvalue weighted by atomic mass is 9.94. The van der Waals surface area contributed by atoms with Crippen molar-refractivity contribution < 1.29 is 4.39 Å². The van der Waals surface area contributed by atoms with Gasteiger partial charge in [-0.15, -0.1) is 0 Å². The van der Waals surface area contributed by atoms with Gasteiger partial charge in [-0.1, -0.05) is 6.07 Å². The van der Waals surface area contributed by atoms with Crippen molar-refractivity contribution in [2.24, 2.45) is 5.73 Å². The first kappa shape index (κ1) is 15.4. The van der Waals surface area contributed by atoms with Gasteiger partial charge in [0.1, 0.15) is 5.82 Å². The fourth-order valence-corrected chi connectivity index (χ4v) is 3.03. The van der Waals surface area contributed by atoms with Crippen LogP contribution in [0.15, 0.2) is 18.2 Å². The molecule has 4 heteroatoms. The SMILES string of the molecule is Cc1cc(F)ccc1C(CN)N1CCN(C)C(C)(C)C1. The Bertz CT molecular complexity index is 473. The van der Waals surface area contributed by atoms with Crippen LogP contribution in [0.25, 0.3) is 0 Å². The molecule has 1 aromatic carbocycles. The summed E-state index contributed by atoms with van der Waals surface area (Å²) in [6.07, 6.45) is 0. The van der Waals surface area contributed by atoms with E-state index in [0.717, 1.165) is 30.8 Å². The predicted molar refractivity (Wildman–Crippen MR) is 81.2 cm³/mol. The largest absolute Gasteiger partial charge is 0.329 e. The highest BCUT2D eigenvalue weighted by molar-refractivity contribution is 5.30. The van der Waals surface area contributed by atoms with Crippen molar-refractivity contribution in [1.82, 2.24) is 9.80 Å². The first-order chi connectivity index (χ1) is 9.35. The zero-order chi connectivity index (χ0) is 14.9. The van der Waals surface area contributed by atoms with Gasteiger partial charge < -0.3 is 5.73 Å². The van der Waals surface area contributed by atoms with Gasteiger partial charge in [0.25, 0.3) is 0 Å².